The number of aromatic amines is 1. The van der Waals surface area contributed by atoms with Crippen LogP contribution in [-0.2, 0) is 16.9 Å². The average molecular weight is 455 g/mol. The van der Waals surface area contributed by atoms with Crippen LogP contribution >= 0.6 is 0 Å². The molecule has 176 valence electrons. The number of fused-ring (bicyclic) bond motifs is 1. The van der Waals surface area contributed by atoms with Crippen molar-refractivity contribution in [2.45, 2.75) is 76.2 Å². The lowest BCUT2D eigenvalue weighted by Crippen LogP contribution is -2.57. The highest BCUT2D eigenvalue weighted by Gasteiger charge is 2.53. The number of alkyl halides is 1. The molecule has 2 aromatic heterocycles. The zero-order chi connectivity index (χ0) is 23.2. The summed E-state index contributed by atoms with van der Waals surface area (Å²) in [7, 11) is 0. The second kappa shape index (κ2) is 8.20. The van der Waals surface area contributed by atoms with E-state index in [9.17, 15) is 9.59 Å². The normalized spacial score (nSPS) is 24.9. The van der Waals surface area contributed by atoms with Crippen LogP contribution in [0.5, 0.6) is 0 Å². The highest BCUT2D eigenvalue weighted by atomic mass is 19.1. The first-order valence-electron chi connectivity index (χ1n) is 11.9. The van der Waals surface area contributed by atoms with Crippen LogP contribution in [0.1, 0.15) is 74.1 Å². The van der Waals surface area contributed by atoms with Crippen molar-refractivity contribution < 1.29 is 14.0 Å². The molecule has 0 aromatic carbocycles. The Morgan fingerprint density at radius 3 is 2.64 bits per heavy atom. The number of piperidine rings is 1. The lowest BCUT2D eigenvalue weighted by molar-refractivity contribution is -0.155. The van der Waals surface area contributed by atoms with Crippen LogP contribution in [0.4, 0.5) is 10.2 Å². The van der Waals surface area contributed by atoms with E-state index in [0.29, 0.717) is 31.4 Å². The molecular formula is C24H31FN6O2. The molecule has 2 aliphatic heterocycles. The maximum atomic E-state index is 16.0. The van der Waals surface area contributed by atoms with E-state index in [-0.39, 0.29) is 31.0 Å². The number of likely N-dealkylation sites (tertiary alicyclic amines) is 1. The fourth-order valence-corrected chi connectivity index (χ4v) is 5.32. The van der Waals surface area contributed by atoms with E-state index in [1.807, 2.05) is 13.8 Å². The van der Waals surface area contributed by atoms with Crippen LogP contribution in [0, 0.1) is 0 Å². The lowest BCUT2D eigenvalue weighted by atomic mass is 9.85. The Kier molecular flexibility index (Phi) is 5.47. The minimum atomic E-state index is -1.86. The molecule has 5 rings (SSSR count). The Balaban J connectivity index is 1.34. The largest absolute Gasteiger partial charge is 0.324 e. The smallest absolute Gasteiger partial charge is 0.275 e. The molecule has 9 heteroatoms. The standard InChI is InChI=1S/C24H31FN6O2/c1-3-23(2)19-17(20(29-28-19)27-21(32)18-9-4-5-12-26-18)15-31(23)22(33)24(25)10-13-30(14-11-24)16-7-6-8-16/h4-5,9,12,16H,3,6-8,10-11,13-15H2,1-2H3,(H2,27,28,29,32). The number of hydrogen-bond acceptors (Lipinski definition) is 5. The van der Waals surface area contributed by atoms with E-state index in [4.69, 9.17) is 0 Å². The van der Waals surface area contributed by atoms with Gasteiger partial charge < -0.3 is 15.1 Å². The van der Waals surface area contributed by atoms with Gasteiger partial charge in [-0.15, -0.1) is 0 Å². The number of amides is 2. The number of pyridine rings is 1. The minimum absolute atomic E-state index is 0.213. The number of nitrogens with one attached hydrogen (secondary N) is 2. The van der Waals surface area contributed by atoms with Crippen molar-refractivity contribution in [2.75, 3.05) is 18.4 Å². The summed E-state index contributed by atoms with van der Waals surface area (Å²) >= 11 is 0. The van der Waals surface area contributed by atoms with Crippen LogP contribution in [0.25, 0.3) is 0 Å². The molecule has 1 saturated carbocycles. The molecule has 0 bridgehead atoms. The van der Waals surface area contributed by atoms with Gasteiger partial charge in [0.15, 0.2) is 11.5 Å². The van der Waals surface area contributed by atoms with Crippen LogP contribution in [0.2, 0.25) is 0 Å². The Hall–Kier alpha value is -2.81. The van der Waals surface area contributed by atoms with Crippen LogP contribution < -0.4 is 5.32 Å². The van der Waals surface area contributed by atoms with Gasteiger partial charge in [-0.3, -0.25) is 19.7 Å². The van der Waals surface area contributed by atoms with Gasteiger partial charge >= 0.3 is 0 Å². The fourth-order valence-electron chi connectivity index (χ4n) is 5.32. The van der Waals surface area contributed by atoms with E-state index < -0.39 is 17.1 Å². The second-order valence-corrected chi connectivity index (χ2v) is 9.70. The van der Waals surface area contributed by atoms with Gasteiger partial charge in [-0.1, -0.05) is 19.4 Å². The van der Waals surface area contributed by atoms with Crippen molar-refractivity contribution in [3.63, 3.8) is 0 Å². The van der Waals surface area contributed by atoms with Gasteiger partial charge in [0, 0.05) is 43.7 Å². The third-order valence-corrected chi connectivity index (χ3v) is 7.95. The first kappa shape index (κ1) is 22.0. The van der Waals surface area contributed by atoms with E-state index in [0.717, 1.165) is 11.3 Å². The van der Waals surface area contributed by atoms with Crippen molar-refractivity contribution in [2.24, 2.45) is 0 Å². The topological polar surface area (TPSA) is 94.2 Å². The third kappa shape index (κ3) is 3.62. The molecule has 0 spiro atoms. The molecular weight excluding hydrogens is 423 g/mol. The van der Waals surface area contributed by atoms with Crippen molar-refractivity contribution in [3.8, 4) is 0 Å². The number of H-pyrrole nitrogens is 1. The maximum Gasteiger partial charge on any atom is 0.275 e. The zero-order valence-corrected chi connectivity index (χ0v) is 19.2. The number of aromatic nitrogens is 3. The lowest BCUT2D eigenvalue weighted by Gasteiger charge is -2.45. The molecule has 2 fully saturated rings. The van der Waals surface area contributed by atoms with Crippen LogP contribution in [0.3, 0.4) is 0 Å². The summed E-state index contributed by atoms with van der Waals surface area (Å²) in [6.45, 7) is 5.38. The van der Waals surface area contributed by atoms with Gasteiger partial charge in [0.1, 0.15) is 5.69 Å². The summed E-state index contributed by atoms with van der Waals surface area (Å²) in [5.74, 6) is -0.465. The van der Waals surface area contributed by atoms with Gasteiger partial charge in [-0.05, 0) is 38.3 Å². The Morgan fingerprint density at radius 1 is 1.27 bits per heavy atom. The number of carbonyl (C=O) groups is 2. The number of rotatable bonds is 5. The molecule has 2 amide bonds. The molecule has 8 nitrogen and oxygen atoms in total. The number of hydrogen-bond donors (Lipinski definition) is 2. The molecule has 0 radical (unpaired) electrons. The quantitative estimate of drug-likeness (QED) is 0.722. The first-order chi connectivity index (χ1) is 15.9. The van der Waals surface area contributed by atoms with Gasteiger partial charge in [0.05, 0.1) is 17.8 Å². The van der Waals surface area contributed by atoms with Crippen molar-refractivity contribution in [1.29, 1.82) is 0 Å². The van der Waals surface area contributed by atoms with Gasteiger partial charge in [0.2, 0.25) is 0 Å². The number of carbonyl (C=O) groups excluding carboxylic acids is 2. The molecule has 4 heterocycles. The zero-order valence-electron chi connectivity index (χ0n) is 19.2. The molecule has 2 N–H and O–H groups in total. The third-order valence-electron chi connectivity index (χ3n) is 7.95. The summed E-state index contributed by atoms with van der Waals surface area (Å²) in [6.07, 6.45) is 6.22. The Labute approximate surface area is 192 Å². The molecule has 33 heavy (non-hydrogen) atoms. The van der Waals surface area contributed by atoms with E-state index in [1.54, 1.807) is 29.3 Å². The summed E-state index contributed by atoms with van der Waals surface area (Å²) < 4.78 is 16.0. The van der Waals surface area contributed by atoms with Gasteiger partial charge in [-0.25, -0.2) is 4.39 Å². The number of nitrogens with zero attached hydrogens (tertiary/aromatic N) is 4. The molecule has 3 aliphatic rings. The highest BCUT2D eigenvalue weighted by molar-refractivity contribution is 6.02. The Bertz CT molecular complexity index is 1040. The molecule has 2 aromatic rings. The Morgan fingerprint density at radius 2 is 2.03 bits per heavy atom. The monoisotopic (exact) mass is 454 g/mol. The van der Waals surface area contributed by atoms with Gasteiger partial charge in [0.25, 0.3) is 11.8 Å². The second-order valence-electron chi connectivity index (χ2n) is 9.70. The van der Waals surface area contributed by atoms with Crippen LogP contribution in [-0.4, -0.2) is 61.6 Å². The van der Waals surface area contributed by atoms with Crippen LogP contribution in [0.15, 0.2) is 24.4 Å². The SMILES string of the molecule is CCC1(C)c2[nH]nc(NC(=O)c3ccccn3)c2CN1C(=O)C1(F)CCN(C2CCC2)CC1. The minimum Gasteiger partial charge on any atom is -0.324 e. The number of halogens is 1. The van der Waals surface area contributed by atoms with E-state index >= 15 is 4.39 Å². The van der Waals surface area contributed by atoms with Crippen molar-refractivity contribution in [1.82, 2.24) is 25.0 Å². The summed E-state index contributed by atoms with van der Waals surface area (Å²) in [5.41, 5.74) is -0.806. The molecule has 1 atom stereocenters. The van der Waals surface area contributed by atoms with Crippen molar-refractivity contribution >= 4 is 17.6 Å². The molecule has 1 unspecified atom stereocenters. The summed E-state index contributed by atoms with van der Waals surface area (Å²) in [4.78, 5) is 34.2. The fraction of sp³-hybridized carbons (Fsp3) is 0.583. The molecule has 1 saturated heterocycles. The summed E-state index contributed by atoms with van der Waals surface area (Å²) in [6, 6.07) is 5.66. The molecule has 1 aliphatic carbocycles. The maximum absolute atomic E-state index is 16.0. The average Bonchev–Trinajstić information content (AvgIpc) is 3.33. The van der Waals surface area contributed by atoms with E-state index in [2.05, 4.69) is 25.4 Å². The van der Waals surface area contributed by atoms with Crippen molar-refractivity contribution in [3.05, 3.63) is 41.3 Å². The van der Waals surface area contributed by atoms with Gasteiger partial charge in [-0.2, -0.15) is 5.10 Å². The number of anilines is 1. The summed E-state index contributed by atoms with van der Waals surface area (Å²) in [5, 5.41) is 10.1. The predicted molar refractivity (Wildman–Crippen MR) is 121 cm³/mol. The van der Waals surface area contributed by atoms with E-state index in [1.165, 1.54) is 19.3 Å². The first-order valence-corrected chi connectivity index (χ1v) is 11.9. The predicted octanol–water partition coefficient (Wildman–Crippen LogP) is 3.38. The highest BCUT2D eigenvalue weighted by Crippen LogP contribution is 2.46.